The minimum Gasteiger partial charge on any atom is -0.452 e. The number of rotatable bonds is 6. The van der Waals surface area contributed by atoms with Gasteiger partial charge in [-0.25, -0.2) is 18.4 Å². The van der Waals surface area contributed by atoms with E-state index in [2.05, 4.69) is 5.32 Å². The van der Waals surface area contributed by atoms with Gasteiger partial charge in [-0.3, -0.25) is 4.79 Å². The highest BCUT2D eigenvalue weighted by Gasteiger charge is 2.31. The molecular formula is C17H15F3N2O5S. The van der Waals surface area contributed by atoms with E-state index in [4.69, 9.17) is 9.88 Å². The number of alkyl halides is 3. The number of carbonyl (C=O) groups excluding carboxylic acids is 2. The topological polar surface area (TPSA) is 116 Å². The summed E-state index contributed by atoms with van der Waals surface area (Å²) < 4.78 is 64.9. The van der Waals surface area contributed by atoms with Crippen LogP contribution in [-0.4, -0.2) is 26.9 Å². The maximum atomic E-state index is 12.6. The van der Waals surface area contributed by atoms with E-state index in [9.17, 15) is 31.2 Å². The second-order valence-electron chi connectivity index (χ2n) is 5.62. The zero-order valence-electron chi connectivity index (χ0n) is 14.2. The third-order valence-electron chi connectivity index (χ3n) is 3.50. The Balaban J connectivity index is 1.86. The number of primary sulfonamides is 1. The van der Waals surface area contributed by atoms with E-state index in [1.807, 2.05) is 0 Å². The van der Waals surface area contributed by atoms with Gasteiger partial charge in [0.1, 0.15) is 0 Å². The molecule has 11 heteroatoms. The fourth-order valence-corrected chi connectivity index (χ4v) is 2.60. The summed E-state index contributed by atoms with van der Waals surface area (Å²) in [5.74, 6) is -1.75. The van der Waals surface area contributed by atoms with Gasteiger partial charge in [0.25, 0.3) is 5.91 Å². The van der Waals surface area contributed by atoms with E-state index in [1.54, 1.807) is 0 Å². The Morgan fingerprint density at radius 2 is 1.71 bits per heavy atom. The molecule has 0 fully saturated rings. The van der Waals surface area contributed by atoms with Crippen LogP contribution in [0.5, 0.6) is 0 Å². The average Bonchev–Trinajstić information content (AvgIpc) is 2.63. The first-order valence-corrected chi connectivity index (χ1v) is 9.24. The predicted molar refractivity (Wildman–Crippen MR) is 91.4 cm³/mol. The van der Waals surface area contributed by atoms with Gasteiger partial charge in [0, 0.05) is 6.54 Å². The molecular weight excluding hydrogens is 401 g/mol. The number of sulfonamides is 1. The van der Waals surface area contributed by atoms with Gasteiger partial charge in [-0.15, -0.1) is 0 Å². The molecule has 0 aliphatic heterocycles. The number of nitrogens with one attached hydrogen (secondary N) is 1. The monoisotopic (exact) mass is 416 g/mol. The number of amides is 1. The standard InChI is InChI=1S/C17H15F3N2O5S/c18-17(19,20)13-3-1-2-12(8-13)16(24)27-10-15(23)22-9-11-4-6-14(7-5-11)28(21,25)26/h1-8H,9-10H2,(H,22,23)(H2,21,25,26). The van der Waals surface area contributed by atoms with Crippen LogP contribution >= 0.6 is 0 Å². The van der Waals surface area contributed by atoms with Crippen molar-refractivity contribution in [1.82, 2.24) is 5.32 Å². The predicted octanol–water partition coefficient (Wildman–Crippen LogP) is 1.83. The first-order valence-electron chi connectivity index (χ1n) is 7.69. The summed E-state index contributed by atoms with van der Waals surface area (Å²) >= 11 is 0. The Labute approximate surface area is 158 Å². The summed E-state index contributed by atoms with van der Waals surface area (Å²) in [4.78, 5) is 23.4. The molecule has 2 rings (SSSR count). The molecule has 0 aliphatic rings. The zero-order valence-corrected chi connectivity index (χ0v) is 15.0. The van der Waals surface area contributed by atoms with Gasteiger partial charge in [0.05, 0.1) is 16.0 Å². The van der Waals surface area contributed by atoms with Crippen LogP contribution in [0.15, 0.2) is 53.4 Å². The quantitative estimate of drug-likeness (QED) is 0.697. The van der Waals surface area contributed by atoms with Gasteiger partial charge < -0.3 is 10.1 Å². The van der Waals surface area contributed by atoms with Gasteiger partial charge in [-0.1, -0.05) is 18.2 Å². The largest absolute Gasteiger partial charge is 0.452 e. The van der Waals surface area contributed by atoms with E-state index in [0.717, 1.165) is 18.2 Å². The molecule has 0 saturated heterocycles. The van der Waals surface area contributed by atoms with Gasteiger partial charge >= 0.3 is 12.1 Å². The molecule has 2 aromatic carbocycles. The maximum Gasteiger partial charge on any atom is 0.416 e. The summed E-state index contributed by atoms with van der Waals surface area (Å²) in [7, 11) is -3.82. The van der Waals surface area contributed by atoms with E-state index in [1.165, 1.54) is 24.3 Å². The minimum atomic E-state index is -4.60. The molecule has 0 spiro atoms. The maximum absolute atomic E-state index is 12.6. The molecule has 0 atom stereocenters. The summed E-state index contributed by atoms with van der Waals surface area (Å²) in [5.41, 5.74) is -0.777. The number of benzene rings is 2. The molecule has 0 unspecified atom stereocenters. The Morgan fingerprint density at radius 3 is 2.29 bits per heavy atom. The normalized spacial score (nSPS) is 11.7. The third-order valence-corrected chi connectivity index (χ3v) is 4.43. The average molecular weight is 416 g/mol. The molecule has 0 aliphatic carbocycles. The summed E-state index contributed by atoms with van der Waals surface area (Å²) in [5, 5.41) is 7.39. The fourth-order valence-electron chi connectivity index (χ4n) is 2.09. The lowest BCUT2D eigenvalue weighted by Gasteiger charge is -2.09. The number of hydrogen-bond donors (Lipinski definition) is 2. The molecule has 7 nitrogen and oxygen atoms in total. The van der Waals surface area contributed by atoms with Crippen molar-refractivity contribution in [1.29, 1.82) is 0 Å². The Hall–Kier alpha value is -2.92. The van der Waals surface area contributed by atoms with Gasteiger partial charge in [0.2, 0.25) is 10.0 Å². The fraction of sp³-hybridized carbons (Fsp3) is 0.176. The van der Waals surface area contributed by atoms with Crippen molar-refractivity contribution in [2.45, 2.75) is 17.6 Å². The van der Waals surface area contributed by atoms with E-state index in [0.29, 0.717) is 11.6 Å². The highest BCUT2D eigenvalue weighted by Crippen LogP contribution is 2.29. The lowest BCUT2D eigenvalue weighted by atomic mass is 10.1. The van der Waals surface area contributed by atoms with Crippen LogP contribution in [0.2, 0.25) is 0 Å². The molecule has 0 bridgehead atoms. The van der Waals surface area contributed by atoms with Crippen molar-refractivity contribution in [3.63, 3.8) is 0 Å². The van der Waals surface area contributed by atoms with E-state index in [-0.39, 0.29) is 17.0 Å². The Bertz CT molecular complexity index is 973. The second kappa shape index (κ2) is 8.40. The van der Waals surface area contributed by atoms with Crippen LogP contribution in [0.25, 0.3) is 0 Å². The van der Waals surface area contributed by atoms with Gasteiger partial charge in [-0.2, -0.15) is 13.2 Å². The van der Waals surface area contributed by atoms with Crippen LogP contribution in [-0.2, 0) is 32.3 Å². The van der Waals surface area contributed by atoms with Crippen LogP contribution < -0.4 is 10.5 Å². The van der Waals surface area contributed by atoms with Crippen molar-refractivity contribution < 1.29 is 35.9 Å². The number of nitrogens with two attached hydrogens (primary N) is 1. The van der Waals surface area contributed by atoms with Crippen LogP contribution in [0.4, 0.5) is 13.2 Å². The smallest absolute Gasteiger partial charge is 0.416 e. The molecule has 1 amide bonds. The number of ether oxygens (including phenoxy) is 1. The van der Waals surface area contributed by atoms with E-state index >= 15 is 0 Å². The van der Waals surface area contributed by atoms with Crippen LogP contribution in [0.3, 0.4) is 0 Å². The van der Waals surface area contributed by atoms with Crippen molar-refractivity contribution in [3.8, 4) is 0 Å². The molecule has 0 heterocycles. The van der Waals surface area contributed by atoms with Crippen molar-refractivity contribution in [2.75, 3.05) is 6.61 Å². The molecule has 150 valence electrons. The zero-order chi connectivity index (χ0) is 20.9. The molecule has 3 N–H and O–H groups in total. The number of hydrogen-bond acceptors (Lipinski definition) is 5. The molecule has 28 heavy (non-hydrogen) atoms. The highest BCUT2D eigenvalue weighted by atomic mass is 32.2. The molecule has 0 saturated carbocycles. The first kappa shape index (κ1) is 21.4. The first-order chi connectivity index (χ1) is 13.0. The Morgan fingerprint density at radius 1 is 1.07 bits per heavy atom. The second-order valence-corrected chi connectivity index (χ2v) is 7.18. The lowest BCUT2D eigenvalue weighted by molar-refractivity contribution is -0.137. The summed E-state index contributed by atoms with van der Waals surface area (Å²) in [6.07, 6.45) is -4.60. The number of halogens is 3. The summed E-state index contributed by atoms with van der Waals surface area (Å²) in [6, 6.07) is 9.06. The van der Waals surface area contributed by atoms with Crippen molar-refractivity contribution >= 4 is 21.9 Å². The molecule has 0 radical (unpaired) electrons. The van der Waals surface area contributed by atoms with Crippen LogP contribution in [0, 0.1) is 0 Å². The van der Waals surface area contributed by atoms with Gasteiger partial charge in [0.15, 0.2) is 6.61 Å². The highest BCUT2D eigenvalue weighted by molar-refractivity contribution is 7.89. The van der Waals surface area contributed by atoms with E-state index < -0.39 is 40.2 Å². The SMILES string of the molecule is NS(=O)(=O)c1ccc(CNC(=O)COC(=O)c2cccc(C(F)(F)F)c2)cc1. The third kappa shape index (κ3) is 6.06. The van der Waals surface area contributed by atoms with Crippen LogP contribution in [0.1, 0.15) is 21.5 Å². The van der Waals surface area contributed by atoms with Crippen molar-refractivity contribution in [2.24, 2.45) is 5.14 Å². The summed E-state index contributed by atoms with van der Waals surface area (Å²) in [6.45, 7) is -0.671. The van der Waals surface area contributed by atoms with Crippen molar-refractivity contribution in [3.05, 3.63) is 65.2 Å². The number of esters is 1. The lowest BCUT2D eigenvalue weighted by Crippen LogP contribution is -2.28. The number of carbonyl (C=O) groups is 2. The Kier molecular flexibility index (Phi) is 6.41. The molecule has 2 aromatic rings. The molecule has 0 aromatic heterocycles. The van der Waals surface area contributed by atoms with Gasteiger partial charge in [-0.05, 0) is 35.9 Å². The minimum absolute atomic E-state index is 0.0187.